The fourth-order valence-electron chi connectivity index (χ4n) is 7.15. The van der Waals surface area contributed by atoms with Crippen LogP contribution in [0.3, 0.4) is 0 Å². The van der Waals surface area contributed by atoms with Crippen molar-refractivity contribution in [1.82, 2.24) is 19.9 Å². The molecule has 1 amide bonds. The first-order valence-corrected chi connectivity index (χ1v) is 18.0. The second kappa shape index (κ2) is 13.8. The van der Waals surface area contributed by atoms with Crippen LogP contribution in [0.15, 0.2) is 140 Å². The average molecular weight is 706 g/mol. The van der Waals surface area contributed by atoms with E-state index in [1.807, 2.05) is 42.5 Å². The second-order valence-corrected chi connectivity index (χ2v) is 13.1. The van der Waals surface area contributed by atoms with E-state index in [1.165, 1.54) is 0 Å². The first-order chi connectivity index (χ1) is 26.1. The topological polar surface area (TPSA) is 86.5 Å². The molecule has 0 spiro atoms. The predicted molar refractivity (Wildman–Crippen MR) is 220 cm³/mol. The molecule has 0 unspecified atom stereocenters. The lowest BCUT2D eigenvalue weighted by Crippen LogP contribution is -2.12. The van der Waals surface area contributed by atoms with Crippen molar-refractivity contribution in [3.63, 3.8) is 0 Å². The Morgan fingerprint density at radius 2 is 0.774 bits per heavy atom. The Kier molecular flexibility index (Phi) is 8.35. The molecule has 0 atom stereocenters. The summed E-state index contributed by atoms with van der Waals surface area (Å²) in [6.07, 6.45) is 8.38. The number of carbonyl (C=O) groups excluding carboxylic acids is 1. The van der Waals surface area contributed by atoms with E-state index >= 15 is 0 Å². The van der Waals surface area contributed by atoms with E-state index in [4.69, 9.17) is 21.6 Å². The van der Waals surface area contributed by atoms with Crippen LogP contribution in [0.5, 0.6) is 0 Å². The number of rotatable bonds is 6. The first kappa shape index (κ1) is 32.2. The number of amides is 1. The van der Waals surface area contributed by atoms with E-state index in [0.717, 1.165) is 89.4 Å². The van der Waals surface area contributed by atoms with Gasteiger partial charge in [0.15, 0.2) is 0 Å². The Hall–Kier alpha value is -6.76. The summed E-state index contributed by atoms with van der Waals surface area (Å²) in [4.78, 5) is 30.3. The molecule has 7 heteroatoms. The molecule has 254 valence electrons. The van der Waals surface area contributed by atoms with Crippen molar-refractivity contribution >= 4 is 69.6 Å². The first-order valence-electron chi connectivity index (χ1n) is 17.4. The van der Waals surface area contributed by atoms with Crippen molar-refractivity contribution in [2.45, 2.75) is 0 Å². The molecule has 0 radical (unpaired) electrons. The van der Waals surface area contributed by atoms with Crippen LogP contribution in [-0.2, 0) is 4.79 Å². The van der Waals surface area contributed by atoms with Crippen LogP contribution in [0.25, 0.3) is 90.9 Å². The van der Waals surface area contributed by atoms with E-state index in [2.05, 4.69) is 137 Å². The maximum absolute atomic E-state index is 12.0. The average Bonchev–Trinajstić information content (AvgIpc) is 4.05. The molecule has 8 bridgehead atoms. The summed E-state index contributed by atoms with van der Waals surface area (Å²) in [6, 6.07) is 47.4. The molecule has 9 rings (SSSR count). The van der Waals surface area contributed by atoms with Gasteiger partial charge in [0.1, 0.15) is 5.88 Å². The van der Waals surface area contributed by atoms with E-state index in [1.54, 1.807) is 0 Å². The highest BCUT2D eigenvalue weighted by Crippen LogP contribution is 2.38. The molecule has 5 heterocycles. The number of benzene rings is 4. The van der Waals surface area contributed by atoms with Crippen LogP contribution in [0, 0.1) is 0 Å². The van der Waals surface area contributed by atoms with Gasteiger partial charge in [0.05, 0.1) is 22.8 Å². The molecular formula is C46H32ClN5O. The summed E-state index contributed by atoms with van der Waals surface area (Å²) in [5, 5.41) is 2.84. The van der Waals surface area contributed by atoms with Gasteiger partial charge >= 0.3 is 0 Å². The molecule has 0 saturated carbocycles. The van der Waals surface area contributed by atoms with Crippen molar-refractivity contribution in [3.05, 3.63) is 162 Å². The lowest BCUT2D eigenvalue weighted by Gasteiger charge is -2.08. The fraction of sp³-hybridized carbons (Fsp3) is 0.0217. The van der Waals surface area contributed by atoms with Gasteiger partial charge in [-0.05, 0) is 83.0 Å². The minimum absolute atomic E-state index is 0.112. The number of alkyl halides is 1. The number of H-pyrrole nitrogens is 2. The van der Waals surface area contributed by atoms with Crippen LogP contribution < -0.4 is 5.32 Å². The molecule has 0 aliphatic carbocycles. The summed E-state index contributed by atoms with van der Waals surface area (Å²) < 4.78 is 0. The number of hydrogen-bond acceptors (Lipinski definition) is 3. The van der Waals surface area contributed by atoms with E-state index in [9.17, 15) is 4.79 Å². The van der Waals surface area contributed by atoms with Crippen molar-refractivity contribution in [3.8, 4) is 44.5 Å². The Morgan fingerprint density at radius 3 is 1.09 bits per heavy atom. The van der Waals surface area contributed by atoms with Crippen molar-refractivity contribution < 1.29 is 4.79 Å². The van der Waals surface area contributed by atoms with Gasteiger partial charge in [-0.15, -0.1) is 11.6 Å². The maximum Gasteiger partial charge on any atom is 0.239 e. The number of nitrogens with one attached hydrogen (secondary N) is 3. The zero-order chi connectivity index (χ0) is 35.7. The number of fused-ring (bicyclic) bond motifs is 8. The highest BCUT2D eigenvalue weighted by Gasteiger charge is 2.19. The molecule has 2 aliphatic heterocycles. The number of aromatic nitrogens is 4. The number of nitrogens with zero attached hydrogens (tertiary/aromatic N) is 2. The third-order valence-corrected chi connectivity index (χ3v) is 9.76. The van der Waals surface area contributed by atoms with Crippen molar-refractivity contribution in [2.75, 3.05) is 11.2 Å². The summed E-state index contributed by atoms with van der Waals surface area (Å²) in [7, 11) is 0. The van der Waals surface area contributed by atoms with Gasteiger partial charge in [0, 0.05) is 50.0 Å². The molecule has 7 aromatic rings. The number of carbonyl (C=O) groups is 1. The highest BCUT2D eigenvalue weighted by molar-refractivity contribution is 6.29. The molecule has 3 aromatic heterocycles. The van der Waals surface area contributed by atoms with Crippen LogP contribution in [0.2, 0.25) is 0 Å². The molecule has 6 nitrogen and oxygen atoms in total. The number of aromatic amines is 2. The van der Waals surface area contributed by atoms with Crippen LogP contribution in [0.4, 0.5) is 5.69 Å². The Labute approximate surface area is 311 Å². The third-order valence-electron chi connectivity index (χ3n) is 9.52. The molecule has 2 aliphatic rings. The van der Waals surface area contributed by atoms with Crippen LogP contribution in [0.1, 0.15) is 22.8 Å². The van der Waals surface area contributed by atoms with Crippen LogP contribution >= 0.6 is 11.6 Å². The van der Waals surface area contributed by atoms with Gasteiger partial charge in [-0.3, -0.25) is 4.79 Å². The van der Waals surface area contributed by atoms with Gasteiger partial charge in [-0.25, -0.2) is 9.97 Å². The quantitative estimate of drug-likeness (QED) is 0.151. The molecule has 53 heavy (non-hydrogen) atoms. The van der Waals surface area contributed by atoms with Gasteiger partial charge in [0.2, 0.25) is 5.91 Å². The second-order valence-electron chi connectivity index (χ2n) is 12.9. The molecule has 4 aromatic carbocycles. The molecule has 3 N–H and O–H groups in total. The van der Waals surface area contributed by atoms with Crippen molar-refractivity contribution in [1.29, 1.82) is 0 Å². The van der Waals surface area contributed by atoms with Gasteiger partial charge < -0.3 is 15.3 Å². The smallest absolute Gasteiger partial charge is 0.239 e. The maximum atomic E-state index is 12.0. The molecule has 0 fully saturated rings. The number of anilines is 1. The summed E-state index contributed by atoms with van der Waals surface area (Å²) in [5.74, 6) is -0.370. The lowest BCUT2D eigenvalue weighted by atomic mass is 10.0. The standard InChI is InChI=1S/C46H32ClN5O/c47-28-42(53)48-33-18-16-32(17-19-33)46-40-26-24-38(51-40)44(30-12-6-2-7-13-30)36-22-20-34(49-36)43(29-10-4-1-5-11-29)35-21-23-37(50-35)45(31-14-8-3-9-15-31)39-25-27-41(46)52-39/h1-27,49,52H,28H2,(H,48,53). The molecular weight excluding hydrogens is 674 g/mol. The highest BCUT2D eigenvalue weighted by atomic mass is 35.5. The summed E-state index contributed by atoms with van der Waals surface area (Å²) in [6.45, 7) is 0. The third kappa shape index (κ3) is 6.15. The fourth-order valence-corrected chi connectivity index (χ4v) is 7.22. The Bertz CT molecular complexity index is 2690. The summed E-state index contributed by atoms with van der Waals surface area (Å²) in [5.41, 5.74) is 15.8. The van der Waals surface area contributed by atoms with E-state index in [-0.39, 0.29) is 11.8 Å². The number of halogens is 1. The predicted octanol–water partition coefficient (Wildman–Crippen LogP) is 11.5. The van der Waals surface area contributed by atoms with Gasteiger partial charge in [-0.1, -0.05) is 103 Å². The Morgan fingerprint density at radius 1 is 0.453 bits per heavy atom. The number of hydrogen-bond donors (Lipinski definition) is 3. The normalized spacial score (nSPS) is 11.9. The SMILES string of the molecule is O=C(CCl)Nc1ccc(-c2c3nc(c(-c4ccccc4)c4ccc([nH]4)c(-c4ccccc4)c4nc(c(-c5ccccc5)c5ccc2[nH]5)C=C4)C=C3)cc1. The Balaban J connectivity index is 1.42. The zero-order valence-electron chi connectivity index (χ0n) is 28.5. The lowest BCUT2D eigenvalue weighted by molar-refractivity contribution is -0.113. The van der Waals surface area contributed by atoms with Gasteiger partial charge in [-0.2, -0.15) is 0 Å². The molecule has 0 saturated heterocycles. The summed E-state index contributed by atoms with van der Waals surface area (Å²) >= 11 is 5.77. The minimum atomic E-state index is -0.258. The minimum Gasteiger partial charge on any atom is -0.354 e. The zero-order valence-corrected chi connectivity index (χ0v) is 29.2. The largest absolute Gasteiger partial charge is 0.354 e. The van der Waals surface area contributed by atoms with Gasteiger partial charge in [0.25, 0.3) is 0 Å². The monoisotopic (exact) mass is 705 g/mol. The van der Waals surface area contributed by atoms with Crippen molar-refractivity contribution in [2.24, 2.45) is 0 Å². The van der Waals surface area contributed by atoms with E-state index in [0.29, 0.717) is 5.69 Å². The van der Waals surface area contributed by atoms with E-state index < -0.39 is 0 Å². The van der Waals surface area contributed by atoms with Crippen LogP contribution in [-0.4, -0.2) is 31.7 Å².